The van der Waals surface area contributed by atoms with E-state index in [2.05, 4.69) is 29.6 Å². The third-order valence-corrected chi connectivity index (χ3v) is 8.02. The standard InChI is InChI=1S/C18H31N3O2S/c1-15(2)18-19-10-13-20(18)14-16-8-11-21(12-9-16)24(22,23)17-6-4-3-5-7-17/h10,13,15-17H,3-9,11-12,14H2,1-2H3. The summed E-state index contributed by atoms with van der Waals surface area (Å²) in [5.41, 5.74) is 0. The lowest BCUT2D eigenvalue weighted by Gasteiger charge is -2.35. The molecule has 0 N–H and O–H groups in total. The van der Waals surface area contributed by atoms with Crippen LogP contribution in [0.25, 0.3) is 0 Å². The number of hydrogen-bond donors (Lipinski definition) is 0. The minimum absolute atomic E-state index is 0.121. The Balaban J connectivity index is 1.56. The van der Waals surface area contributed by atoms with Crippen molar-refractivity contribution in [3.63, 3.8) is 0 Å². The second kappa shape index (κ2) is 7.56. The van der Waals surface area contributed by atoms with Crippen LogP contribution in [-0.2, 0) is 16.6 Å². The average Bonchev–Trinajstić information content (AvgIpc) is 3.04. The van der Waals surface area contributed by atoms with E-state index in [4.69, 9.17) is 0 Å². The summed E-state index contributed by atoms with van der Waals surface area (Å²) in [6, 6.07) is 0. The molecule has 0 unspecified atom stereocenters. The van der Waals surface area contributed by atoms with Gasteiger partial charge < -0.3 is 4.57 Å². The molecule has 2 fully saturated rings. The summed E-state index contributed by atoms with van der Waals surface area (Å²) in [6.45, 7) is 6.67. The highest BCUT2D eigenvalue weighted by atomic mass is 32.2. The van der Waals surface area contributed by atoms with E-state index in [1.54, 1.807) is 4.31 Å². The largest absolute Gasteiger partial charge is 0.334 e. The lowest BCUT2D eigenvalue weighted by atomic mass is 9.98. The van der Waals surface area contributed by atoms with Gasteiger partial charge in [0, 0.05) is 37.9 Å². The van der Waals surface area contributed by atoms with Crippen LogP contribution in [0.4, 0.5) is 0 Å². The minimum atomic E-state index is -3.08. The highest BCUT2D eigenvalue weighted by Gasteiger charge is 2.35. The highest BCUT2D eigenvalue weighted by Crippen LogP contribution is 2.29. The Bertz CT molecular complexity index is 624. The van der Waals surface area contributed by atoms with E-state index in [1.165, 1.54) is 6.42 Å². The quantitative estimate of drug-likeness (QED) is 0.815. The molecule has 1 aromatic rings. The van der Waals surface area contributed by atoms with Gasteiger partial charge >= 0.3 is 0 Å². The zero-order chi connectivity index (χ0) is 17.2. The first kappa shape index (κ1) is 17.9. The molecule has 2 heterocycles. The smallest absolute Gasteiger partial charge is 0.216 e. The number of piperidine rings is 1. The number of nitrogens with zero attached hydrogens (tertiary/aromatic N) is 3. The summed E-state index contributed by atoms with van der Waals surface area (Å²) in [5.74, 6) is 2.11. The molecule has 0 amide bonds. The van der Waals surface area contributed by atoms with Gasteiger partial charge in [-0.3, -0.25) is 0 Å². The van der Waals surface area contributed by atoms with Crippen molar-refractivity contribution in [2.45, 2.75) is 76.5 Å². The summed E-state index contributed by atoms with van der Waals surface area (Å²) in [4.78, 5) is 4.45. The van der Waals surface area contributed by atoms with E-state index in [0.29, 0.717) is 24.9 Å². The van der Waals surface area contributed by atoms with Crippen LogP contribution in [0.5, 0.6) is 0 Å². The van der Waals surface area contributed by atoms with Crippen molar-refractivity contribution < 1.29 is 8.42 Å². The fourth-order valence-corrected chi connectivity index (χ4v) is 6.24. The van der Waals surface area contributed by atoms with Crippen molar-refractivity contribution in [1.29, 1.82) is 0 Å². The first-order valence-corrected chi connectivity index (χ1v) is 11.0. The molecule has 5 nitrogen and oxygen atoms in total. The molecule has 1 aliphatic carbocycles. The van der Waals surface area contributed by atoms with Crippen LogP contribution in [0.3, 0.4) is 0 Å². The average molecular weight is 354 g/mol. The summed E-state index contributed by atoms with van der Waals surface area (Å²) in [7, 11) is -3.08. The van der Waals surface area contributed by atoms with Crippen LogP contribution in [0.15, 0.2) is 12.4 Å². The van der Waals surface area contributed by atoms with Crippen molar-refractivity contribution in [1.82, 2.24) is 13.9 Å². The molecule has 0 aromatic carbocycles. The molecular formula is C18H31N3O2S. The fourth-order valence-electron chi connectivity index (χ4n) is 4.17. The molecule has 0 bridgehead atoms. The Morgan fingerprint density at radius 1 is 1.12 bits per heavy atom. The van der Waals surface area contributed by atoms with Gasteiger partial charge in [0.25, 0.3) is 0 Å². The maximum Gasteiger partial charge on any atom is 0.216 e. The van der Waals surface area contributed by atoms with Crippen LogP contribution in [-0.4, -0.2) is 40.6 Å². The molecular weight excluding hydrogens is 322 g/mol. The molecule has 1 aliphatic heterocycles. The molecule has 1 saturated carbocycles. The summed E-state index contributed by atoms with van der Waals surface area (Å²) in [6.07, 6.45) is 10.9. The zero-order valence-corrected chi connectivity index (χ0v) is 15.8. The normalized spacial score (nSPS) is 22.3. The first-order chi connectivity index (χ1) is 11.5. The Morgan fingerprint density at radius 2 is 1.79 bits per heavy atom. The SMILES string of the molecule is CC(C)c1nccn1CC1CCN(S(=O)(=O)C2CCCCC2)CC1. The molecule has 6 heteroatoms. The van der Waals surface area contributed by atoms with E-state index in [9.17, 15) is 8.42 Å². The Hall–Kier alpha value is -0.880. The summed E-state index contributed by atoms with van der Waals surface area (Å²) < 4.78 is 29.7. The van der Waals surface area contributed by atoms with Crippen molar-refractivity contribution in [3.05, 3.63) is 18.2 Å². The van der Waals surface area contributed by atoms with Crippen molar-refractivity contribution >= 4 is 10.0 Å². The van der Waals surface area contributed by atoms with Crippen molar-refractivity contribution in [2.24, 2.45) is 5.92 Å². The third kappa shape index (κ3) is 3.85. The number of hydrogen-bond acceptors (Lipinski definition) is 3. The lowest BCUT2D eigenvalue weighted by Crippen LogP contribution is -2.44. The molecule has 0 spiro atoms. The van der Waals surface area contributed by atoms with Crippen LogP contribution in [0.1, 0.15) is 70.5 Å². The van der Waals surface area contributed by atoms with E-state index in [-0.39, 0.29) is 5.25 Å². The predicted molar refractivity (Wildman–Crippen MR) is 96.4 cm³/mol. The molecule has 0 atom stereocenters. The highest BCUT2D eigenvalue weighted by molar-refractivity contribution is 7.89. The van der Waals surface area contributed by atoms with E-state index in [1.807, 2.05) is 6.20 Å². The summed E-state index contributed by atoms with van der Waals surface area (Å²) >= 11 is 0. The lowest BCUT2D eigenvalue weighted by molar-refractivity contribution is 0.247. The van der Waals surface area contributed by atoms with Crippen LogP contribution >= 0.6 is 0 Å². The van der Waals surface area contributed by atoms with Crippen molar-refractivity contribution in [3.8, 4) is 0 Å². The molecule has 1 aromatic heterocycles. The molecule has 0 radical (unpaired) electrons. The molecule has 136 valence electrons. The zero-order valence-electron chi connectivity index (χ0n) is 15.0. The number of aromatic nitrogens is 2. The van der Waals surface area contributed by atoms with E-state index >= 15 is 0 Å². The van der Waals surface area contributed by atoms with Crippen molar-refractivity contribution in [2.75, 3.05) is 13.1 Å². The third-order valence-electron chi connectivity index (χ3n) is 5.63. The number of sulfonamides is 1. The van der Waals surface area contributed by atoms with Crippen LogP contribution < -0.4 is 0 Å². The maximum atomic E-state index is 12.8. The predicted octanol–water partition coefficient (Wildman–Crippen LogP) is 3.38. The number of rotatable bonds is 5. The Kier molecular flexibility index (Phi) is 5.65. The minimum Gasteiger partial charge on any atom is -0.334 e. The molecule has 2 aliphatic rings. The van der Waals surface area contributed by atoms with Gasteiger partial charge in [-0.2, -0.15) is 0 Å². The number of imidazole rings is 1. The van der Waals surface area contributed by atoms with Gasteiger partial charge in [0.05, 0.1) is 5.25 Å². The van der Waals surface area contributed by atoms with Gasteiger partial charge in [0.1, 0.15) is 5.82 Å². The topological polar surface area (TPSA) is 55.2 Å². The van der Waals surface area contributed by atoms with Gasteiger partial charge in [-0.25, -0.2) is 17.7 Å². The van der Waals surface area contributed by atoms with Crippen LogP contribution in [0, 0.1) is 5.92 Å². The van der Waals surface area contributed by atoms with Crippen LogP contribution in [0.2, 0.25) is 0 Å². The van der Waals surface area contributed by atoms with Gasteiger partial charge in [0.2, 0.25) is 10.0 Å². The Labute approximate surface area is 146 Å². The monoisotopic (exact) mass is 353 g/mol. The Morgan fingerprint density at radius 3 is 2.42 bits per heavy atom. The van der Waals surface area contributed by atoms with Gasteiger partial charge in [0.15, 0.2) is 0 Å². The van der Waals surface area contributed by atoms with Gasteiger partial charge in [-0.15, -0.1) is 0 Å². The van der Waals surface area contributed by atoms with E-state index in [0.717, 1.165) is 50.9 Å². The first-order valence-electron chi connectivity index (χ1n) is 9.48. The fraction of sp³-hybridized carbons (Fsp3) is 0.833. The molecule has 24 heavy (non-hydrogen) atoms. The maximum absolute atomic E-state index is 12.8. The molecule has 3 rings (SSSR count). The summed E-state index contributed by atoms with van der Waals surface area (Å²) in [5, 5.41) is -0.121. The second-order valence-corrected chi connectivity index (χ2v) is 9.95. The van der Waals surface area contributed by atoms with Gasteiger partial charge in [-0.05, 0) is 31.6 Å². The second-order valence-electron chi connectivity index (χ2n) is 7.74. The van der Waals surface area contributed by atoms with E-state index < -0.39 is 10.0 Å². The molecule has 1 saturated heterocycles. The van der Waals surface area contributed by atoms with Gasteiger partial charge in [-0.1, -0.05) is 33.1 Å².